The molecule has 4 heterocycles. The molecule has 0 bridgehead atoms. The molecule has 0 saturated heterocycles. The highest BCUT2D eigenvalue weighted by Gasteiger charge is 2.44. The first-order valence-electron chi connectivity index (χ1n) is 32.8. The monoisotopic (exact) mass is 1260 g/mol. The van der Waals surface area contributed by atoms with Crippen molar-refractivity contribution in [1.82, 2.24) is 19.5 Å². The second-order valence-corrected chi connectivity index (χ2v) is 25.0. The van der Waals surface area contributed by atoms with Crippen LogP contribution in [0.3, 0.4) is 0 Å². The highest BCUT2D eigenvalue weighted by atomic mass is 19.4. The van der Waals surface area contributed by atoms with Gasteiger partial charge in [0.25, 0.3) is 6.71 Å². The quantitative estimate of drug-likeness (QED) is 0.121. The average Bonchev–Trinajstić information content (AvgIpc) is 0.750. The fourth-order valence-electron chi connectivity index (χ4n) is 14.7. The molecule has 2 aliphatic heterocycles. The van der Waals surface area contributed by atoms with Crippen LogP contribution in [-0.4, -0.2) is 26.2 Å². The Bertz CT molecular complexity index is 5380. The summed E-state index contributed by atoms with van der Waals surface area (Å²) in [7, 11) is 0. The number of anilines is 6. The minimum atomic E-state index is -4.67. The number of aromatic nitrogens is 4. The SMILES string of the molecule is FC(F)(F)c1ccc(-c2nc(-c3ccccc3)nc(-c3ccccc3)n2)c(-n2c3ccccc3c3cc(-c4cc5c6c(c4)N(c4cc(-c7ccccc7)cc(-c7ccccc7)c4)c4ccccc4B6c4ccccc4N5c4cc(-c5ccccc5)cc(-c5ccccc5)c4)ccc32)c1. The molecule has 14 aromatic carbocycles. The molecule has 98 heavy (non-hydrogen) atoms. The van der Waals surface area contributed by atoms with Crippen molar-refractivity contribution in [2.75, 3.05) is 9.80 Å². The van der Waals surface area contributed by atoms with E-state index in [-0.39, 0.29) is 18.2 Å². The maximum Gasteiger partial charge on any atom is 0.416 e. The summed E-state index contributed by atoms with van der Waals surface area (Å²) in [6, 6.07) is 116. The van der Waals surface area contributed by atoms with Crippen molar-refractivity contribution in [2.45, 2.75) is 6.18 Å². The molecule has 0 radical (unpaired) electrons. The zero-order chi connectivity index (χ0) is 65.4. The lowest BCUT2D eigenvalue weighted by molar-refractivity contribution is -0.137. The van der Waals surface area contributed by atoms with Gasteiger partial charge in [-0.15, -0.1) is 0 Å². The zero-order valence-corrected chi connectivity index (χ0v) is 52.7. The summed E-state index contributed by atoms with van der Waals surface area (Å²) in [6.45, 7) is -0.176. The molecule has 10 heteroatoms. The van der Waals surface area contributed by atoms with Crippen LogP contribution in [0.4, 0.5) is 47.3 Å². The van der Waals surface area contributed by atoms with E-state index in [1.54, 1.807) is 0 Å². The van der Waals surface area contributed by atoms with Gasteiger partial charge in [-0.1, -0.05) is 243 Å². The molecule has 16 aromatic rings. The molecule has 0 spiro atoms. The highest BCUT2D eigenvalue weighted by molar-refractivity contribution is 7.00. The Morgan fingerprint density at radius 2 is 0.653 bits per heavy atom. The van der Waals surface area contributed by atoms with Crippen molar-refractivity contribution in [2.24, 2.45) is 0 Å². The number of halogens is 3. The number of hydrogen-bond donors (Lipinski definition) is 0. The minimum Gasteiger partial charge on any atom is -0.311 e. The largest absolute Gasteiger partial charge is 0.416 e. The van der Waals surface area contributed by atoms with Crippen LogP contribution in [0.15, 0.2) is 340 Å². The molecule has 0 fully saturated rings. The number of para-hydroxylation sites is 3. The Morgan fingerprint density at radius 1 is 0.265 bits per heavy atom. The van der Waals surface area contributed by atoms with E-state index in [1.165, 1.54) is 23.1 Å². The molecule has 0 unspecified atom stereocenters. The van der Waals surface area contributed by atoms with Gasteiger partial charge in [-0.25, -0.2) is 15.0 Å². The summed E-state index contributed by atoms with van der Waals surface area (Å²) in [5, 5.41) is 1.72. The van der Waals surface area contributed by atoms with Crippen molar-refractivity contribution in [1.29, 1.82) is 0 Å². The molecular weight excluding hydrogens is 1210 g/mol. The Hall–Kier alpha value is -12.7. The molecule has 0 aliphatic carbocycles. The minimum absolute atomic E-state index is 0.176. The highest BCUT2D eigenvalue weighted by Crippen LogP contribution is 2.50. The third-order valence-corrected chi connectivity index (χ3v) is 19.2. The number of hydrogen-bond acceptors (Lipinski definition) is 5. The van der Waals surface area contributed by atoms with Gasteiger partial charge in [0.15, 0.2) is 17.5 Å². The molecule has 6 nitrogen and oxygen atoms in total. The van der Waals surface area contributed by atoms with Crippen molar-refractivity contribution < 1.29 is 13.2 Å². The number of benzene rings is 14. The molecule has 0 amide bonds. The Kier molecular flexibility index (Phi) is 14.0. The van der Waals surface area contributed by atoms with E-state index in [0.29, 0.717) is 22.7 Å². The first-order chi connectivity index (χ1) is 48.2. The summed E-state index contributed by atoms with van der Waals surface area (Å²) >= 11 is 0. The lowest BCUT2D eigenvalue weighted by Crippen LogP contribution is -2.61. The van der Waals surface area contributed by atoms with E-state index in [9.17, 15) is 0 Å². The fourth-order valence-corrected chi connectivity index (χ4v) is 14.7. The van der Waals surface area contributed by atoms with E-state index in [4.69, 9.17) is 15.0 Å². The Balaban J connectivity index is 0.905. The number of alkyl halides is 3. The number of fused-ring (bicyclic) bond motifs is 7. The summed E-state index contributed by atoms with van der Waals surface area (Å²) in [4.78, 5) is 20.1. The van der Waals surface area contributed by atoms with Crippen LogP contribution in [0.2, 0.25) is 0 Å². The van der Waals surface area contributed by atoms with Crippen LogP contribution in [0, 0.1) is 0 Å². The molecule has 2 aliphatic rings. The lowest BCUT2D eigenvalue weighted by atomic mass is 9.33. The van der Waals surface area contributed by atoms with Crippen LogP contribution >= 0.6 is 0 Å². The predicted molar refractivity (Wildman–Crippen MR) is 397 cm³/mol. The maximum atomic E-state index is 15.4. The third kappa shape index (κ3) is 10.1. The van der Waals surface area contributed by atoms with E-state index in [1.807, 2.05) is 83.4 Å². The predicted octanol–water partition coefficient (Wildman–Crippen LogP) is 21.4. The summed E-state index contributed by atoms with van der Waals surface area (Å²) in [5.41, 5.74) is 23.1. The van der Waals surface area contributed by atoms with Crippen molar-refractivity contribution in [3.8, 4) is 95.5 Å². The smallest absolute Gasteiger partial charge is 0.311 e. The second-order valence-electron chi connectivity index (χ2n) is 25.0. The molecule has 462 valence electrons. The van der Waals surface area contributed by atoms with Crippen LogP contribution in [0.25, 0.3) is 117 Å². The van der Waals surface area contributed by atoms with Crippen molar-refractivity contribution in [3.63, 3.8) is 0 Å². The van der Waals surface area contributed by atoms with Crippen molar-refractivity contribution >= 4 is 79.0 Å². The molecule has 18 rings (SSSR count). The Labute approximate surface area is 565 Å². The molecular formula is C88H56BF3N6. The van der Waals surface area contributed by atoms with E-state index in [0.717, 1.165) is 129 Å². The molecule has 0 saturated carbocycles. The van der Waals surface area contributed by atoms with Gasteiger partial charge in [0.1, 0.15) is 0 Å². The lowest BCUT2D eigenvalue weighted by Gasteiger charge is -2.44. The second kappa shape index (κ2) is 23.7. The topological polar surface area (TPSA) is 50.1 Å². The molecule has 0 atom stereocenters. The van der Waals surface area contributed by atoms with Crippen LogP contribution in [0.1, 0.15) is 5.56 Å². The summed E-state index contributed by atoms with van der Waals surface area (Å²) in [6.07, 6.45) is -4.67. The van der Waals surface area contributed by atoms with Gasteiger partial charge < -0.3 is 14.4 Å². The van der Waals surface area contributed by atoms with Crippen LogP contribution < -0.4 is 26.2 Å². The van der Waals surface area contributed by atoms with Gasteiger partial charge in [-0.3, -0.25) is 0 Å². The number of rotatable bonds is 11. The number of nitrogens with zero attached hydrogens (tertiary/aromatic N) is 6. The van der Waals surface area contributed by atoms with Gasteiger partial charge in [0.05, 0.1) is 22.3 Å². The third-order valence-electron chi connectivity index (χ3n) is 19.2. The van der Waals surface area contributed by atoms with E-state index in [2.05, 4.69) is 252 Å². The van der Waals surface area contributed by atoms with E-state index >= 15 is 13.2 Å². The van der Waals surface area contributed by atoms with Gasteiger partial charge in [-0.2, -0.15) is 13.2 Å². The summed E-state index contributed by atoms with van der Waals surface area (Å²) < 4.78 is 48.0. The average molecular weight is 1270 g/mol. The van der Waals surface area contributed by atoms with Gasteiger partial charge in [0.2, 0.25) is 0 Å². The van der Waals surface area contributed by atoms with E-state index < -0.39 is 11.7 Å². The fraction of sp³-hybridized carbons (Fsp3) is 0.0114. The maximum absolute atomic E-state index is 15.4. The van der Waals surface area contributed by atoms with Crippen LogP contribution in [-0.2, 0) is 6.18 Å². The normalized spacial score (nSPS) is 12.4. The zero-order valence-electron chi connectivity index (χ0n) is 52.7. The first-order valence-corrected chi connectivity index (χ1v) is 32.8. The van der Waals surface area contributed by atoms with Gasteiger partial charge in [-0.05, 0) is 169 Å². The first kappa shape index (κ1) is 58.0. The van der Waals surface area contributed by atoms with Gasteiger partial charge in [0, 0.05) is 61.6 Å². The van der Waals surface area contributed by atoms with Gasteiger partial charge >= 0.3 is 6.18 Å². The standard InChI is InChI=1S/C88H56BF3N6/c90-88(91,92)69-44-45-73(87-94-85(61-33-15-5-16-34-61)93-86(95-87)62-35-17-6-18-36-62)81(56-69)98-77-40-22-19-37-72(77)74-53-63(43-46-78(74)98)68-54-82-84-83(55-68)97(71-51-66(59-29-11-3-12-30-59)48-67(52-71)60-31-13-4-14-32-60)80-42-24-21-39-76(80)89(84)75-38-20-23-41-79(75)96(82)70-49-64(57-25-7-1-8-26-57)47-65(50-70)58-27-9-2-10-28-58/h1-56H. The van der Waals surface area contributed by atoms with Crippen LogP contribution in [0.5, 0.6) is 0 Å². The van der Waals surface area contributed by atoms with Crippen molar-refractivity contribution in [3.05, 3.63) is 345 Å². The Morgan fingerprint density at radius 3 is 1.11 bits per heavy atom. The molecule has 2 aromatic heterocycles. The summed E-state index contributed by atoms with van der Waals surface area (Å²) in [5.74, 6) is 1.03. The molecule has 0 N–H and O–H groups in total.